The van der Waals surface area contributed by atoms with Crippen LogP contribution in [0.4, 0.5) is 11.5 Å². The highest BCUT2D eigenvalue weighted by atomic mass is 32.2. The van der Waals surface area contributed by atoms with Crippen LogP contribution in [0.1, 0.15) is 38.3 Å². The molecule has 7 heteroatoms. The fourth-order valence-electron chi connectivity index (χ4n) is 3.95. The monoisotopic (exact) mass is 414 g/mol. The maximum atomic E-state index is 9.22. The average molecular weight is 415 g/mol. The molecule has 1 saturated heterocycles. The number of rotatable bonds is 7. The van der Waals surface area contributed by atoms with E-state index in [9.17, 15) is 5.11 Å². The zero-order valence-electron chi connectivity index (χ0n) is 17.0. The van der Waals surface area contributed by atoms with E-state index in [2.05, 4.69) is 17.9 Å². The van der Waals surface area contributed by atoms with Gasteiger partial charge in [-0.25, -0.2) is 9.97 Å². The minimum Gasteiger partial charge on any atom is -0.399 e. The Morgan fingerprint density at radius 2 is 2.07 bits per heavy atom. The van der Waals surface area contributed by atoms with Crippen molar-refractivity contribution in [2.45, 2.75) is 43.4 Å². The summed E-state index contributed by atoms with van der Waals surface area (Å²) < 4.78 is 5.66. The Hall–Kier alpha value is -1.83. The van der Waals surface area contributed by atoms with Crippen LogP contribution in [0.25, 0.3) is 11.4 Å². The molecule has 29 heavy (non-hydrogen) atoms. The molecule has 0 spiro atoms. The molecule has 2 heterocycles. The molecule has 2 aromatic rings. The quantitative estimate of drug-likeness (QED) is 0.530. The molecular formula is C22H30N4O2S. The Kier molecular flexibility index (Phi) is 6.27. The van der Waals surface area contributed by atoms with Gasteiger partial charge in [-0.1, -0.05) is 0 Å². The first-order chi connectivity index (χ1) is 14.1. The fourth-order valence-corrected chi connectivity index (χ4v) is 5.44. The summed E-state index contributed by atoms with van der Waals surface area (Å²) in [6.45, 7) is 4.69. The molecule has 6 nitrogen and oxygen atoms in total. The summed E-state index contributed by atoms with van der Waals surface area (Å²) in [5, 5.41) is 9.22. The maximum absolute atomic E-state index is 9.22. The first-order valence-electron chi connectivity index (χ1n) is 10.5. The summed E-state index contributed by atoms with van der Waals surface area (Å²) in [5.41, 5.74) is 8.72. The summed E-state index contributed by atoms with van der Waals surface area (Å²) in [7, 11) is 0. The first kappa shape index (κ1) is 20.4. The lowest BCUT2D eigenvalue weighted by molar-refractivity contribution is 0.0985. The number of hydrogen-bond acceptors (Lipinski definition) is 7. The molecular weight excluding hydrogens is 384 g/mol. The largest absolute Gasteiger partial charge is 0.399 e. The van der Waals surface area contributed by atoms with Crippen molar-refractivity contribution in [3.8, 4) is 11.4 Å². The van der Waals surface area contributed by atoms with Gasteiger partial charge in [0.05, 0.1) is 29.7 Å². The summed E-state index contributed by atoms with van der Waals surface area (Å²) in [5.74, 6) is 2.68. The average Bonchev–Trinajstić information content (AvgIpc) is 2.70. The standard InChI is InChI=1S/C22H30N4O2S/c1-16-15-28-12-10-26(16)20-14-19(22(8-2-9-22)29-13-3-11-27)24-21(25-20)17-4-6-18(23)7-5-17/h4-7,14,16,27H,2-3,8-13,15,23H2,1H3. The Morgan fingerprint density at radius 3 is 2.72 bits per heavy atom. The predicted molar refractivity (Wildman–Crippen MR) is 119 cm³/mol. The third-order valence-corrected chi connectivity index (χ3v) is 7.52. The zero-order chi connectivity index (χ0) is 20.3. The van der Waals surface area contributed by atoms with Crippen LogP contribution in [-0.4, -0.2) is 53.2 Å². The molecule has 0 radical (unpaired) electrons. The molecule has 1 unspecified atom stereocenters. The minimum absolute atomic E-state index is 0.0327. The van der Waals surface area contributed by atoms with Crippen molar-refractivity contribution in [2.75, 3.05) is 42.8 Å². The van der Waals surface area contributed by atoms with Gasteiger partial charge in [0, 0.05) is 30.5 Å². The van der Waals surface area contributed by atoms with E-state index in [1.54, 1.807) is 0 Å². The smallest absolute Gasteiger partial charge is 0.161 e. The van der Waals surface area contributed by atoms with Crippen LogP contribution in [0.5, 0.6) is 0 Å². The van der Waals surface area contributed by atoms with Crippen molar-refractivity contribution in [2.24, 2.45) is 0 Å². The van der Waals surface area contributed by atoms with Crippen molar-refractivity contribution in [1.82, 2.24) is 9.97 Å². The van der Waals surface area contributed by atoms with Crippen LogP contribution >= 0.6 is 11.8 Å². The molecule has 1 aromatic heterocycles. The highest BCUT2D eigenvalue weighted by molar-refractivity contribution is 8.00. The van der Waals surface area contributed by atoms with Gasteiger partial charge in [-0.2, -0.15) is 0 Å². The summed E-state index contributed by atoms with van der Waals surface area (Å²) in [4.78, 5) is 12.3. The number of aliphatic hydroxyl groups is 1. The molecule has 1 aliphatic heterocycles. The van der Waals surface area contributed by atoms with E-state index in [4.69, 9.17) is 20.4 Å². The van der Waals surface area contributed by atoms with E-state index in [-0.39, 0.29) is 17.4 Å². The normalized spacial score (nSPS) is 21.0. The molecule has 2 aliphatic rings. The molecule has 156 valence electrons. The molecule has 0 bridgehead atoms. The Labute approximate surface area is 176 Å². The molecule has 1 saturated carbocycles. The van der Waals surface area contributed by atoms with Crippen LogP contribution in [0.15, 0.2) is 30.3 Å². The van der Waals surface area contributed by atoms with Crippen LogP contribution < -0.4 is 10.6 Å². The van der Waals surface area contributed by atoms with Gasteiger partial charge in [0.25, 0.3) is 0 Å². The molecule has 4 rings (SSSR count). The summed E-state index contributed by atoms with van der Waals surface area (Å²) in [6.07, 6.45) is 4.28. The molecule has 3 N–H and O–H groups in total. The number of ether oxygens (including phenoxy) is 1. The third kappa shape index (κ3) is 4.37. The lowest BCUT2D eigenvalue weighted by atomic mass is 9.81. The van der Waals surface area contributed by atoms with Gasteiger partial charge in [0.1, 0.15) is 5.82 Å². The van der Waals surface area contributed by atoms with E-state index in [0.717, 1.165) is 66.8 Å². The highest BCUT2D eigenvalue weighted by Gasteiger charge is 2.41. The number of morpholine rings is 1. The van der Waals surface area contributed by atoms with Gasteiger partial charge in [0.2, 0.25) is 0 Å². The van der Waals surface area contributed by atoms with E-state index in [1.807, 2.05) is 36.0 Å². The van der Waals surface area contributed by atoms with Crippen LogP contribution in [0.2, 0.25) is 0 Å². The van der Waals surface area contributed by atoms with Crippen LogP contribution in [-0.2, 0) is 9.48 Å². The number of nitrogen functional groups attached to an aromatic ring is 1. The topological polar surface area (TPSA) is 84.5 Å². The summed E-state index contributed by atoms with van der Waals surface area (Å²) >= 11 is 1.94. The molecule has 0 amide bonds. The van der Waals surface area contributed by atoms with Gasteiger partial charge in [-0.3, -0.25) is 0 Å². The number of aliphatic hydroxyl groups excluding tert-OH is 1. The van der Waals surface area contributed by atoms with E-state index >= 15 is 0 Å². The van der Waals surface area contributed by atoms with Crippen molar-refractivity contribution < 1.29 is 9.84 Å². The number of nitrogens with zero attached hydrogens (tertiary/aromatic N) is 3. The number of nitrogens with two attached hydrogens (primary N) is 1. The molecule has 1 aliphatic carbocycles. The number of hydrogen-bond donors (Lipinski definition) is 2. The van der Waals surface area contributed by atoms with Gasteiger partial charge < -0.3 is 20.5 Å². The lowest BCUT2D eigenvalue weighted by Gasteiger charge is -2.42. The molecule has 2 fully saturated rings. The lowest BCUT2D eigenvalue weighted by Crippen LogP contribution is -2.44. The van der Waals surface area contributed by atoms with E-state index < -0.39 is 0 Å². The predicted octanol–water partition coefficient (Wildman–Crippen LogP) is 3.45. The summed E-state index contributed by atoms with van der Waals surface area (Å²) in [6, 6.07) is 10.3. The SMILES string of the molecule is CC1COCCN1c1cc(C2(SCCCO)CCC2)nc(-c2ccc(N)cc2)n1. The van der Waals surface area contributed by atoms with Crippen molar-refractivity contribution in [3.05, 3.63) is 36.0 Å². The first-order valence-corrected chi connectivity index (χ1v) is 11.4. The number of anilines is 2. The van der Waals surface area contributed by atoms with Crippen molar-refractivity contribution in [3.63, 3.8) is 0 Å². The molecule has 1 aromatic carbocycles. The van der Waals surface area contributed by atoms with Gasteiger partial charge >= 0.3 is 0 Å². The Bertz CT molecular complexity index is 826. The molecule has 1 atom stereocenters. The number of benzene rings is 1. The second-order valence-electron chi connectivity index (χ2n) is 7.95. The van der Waals surface area contributed by atoms with Gasteiger partial charge in [0.15, 0.2) is 5.82 Å². The fraction of sp³-hybridized carbons (Fsp3) is 0.545. The number of aromatic nitrogens is 2. The van der Waals surface area contributed by atoms with Gasteiger partial charge in [-0.05, 0) is 62.6 Å². The van der Waals surface area contributed by atoms with E-state index in [1.165, 1.54) is 6.42 Å². The van der Waals surface area contributed by atoms with Crippen LogP contribution in [0, 0.1) is 0 Å². The second kappa shape index (κ2) is 8.90. The Morgan fingerprint density at radius 1 is 1.28 bits per heavy atom. The zero-order valence-corrected chi connectivity index (χ0v) is 17.8. The van der Waals surface area contributed by atoms with Gasteiger partial charge in [-0.15, -0.1) is 11.8 Å². The maximum Gasteiger partial charge on any atom is 0.161 e. The minimum atomic E-state index is 0.0327. The Balaban J connectivity index is 1.74. The van der Waals surface area contributed by atoms with Crippen molar-refractivity contribution in [1.29, 1.82) is 0 Å². The van der Waals surface area contributed by atoms with Crippen molar-refractivity contribution >= 4 is 23.3 Å². The number of thioether (sulfide) groups is 1. The van der Waals surface area contributed by atoms with E-state index in [0.29, 0.717) is 6.61 Å². The third-order valence-electron chi connectivity index (χ3n) is 5.85. The highest BCUT2D eigenvalue weighted by Crippen LogP contribution is 2.52. The second-order valence-corrected chi connectivity index (χ2v) is 9.43. The van der Waals surface area contributed by atoms with Crippen LogP contribution in [0.3, 0.4) is 0 Å².